The fraction of sp³-hybridized carbons (Fsp3) is 0.190. The van der Waals surface area contributed by atoms with Crippen LogP contribution in [0.25, 0.3) is 17.1 Å². The van der Waals surface area contributed by atoms with Crippen molar-refractivity contribution < 1.29 is 18.0 Å². The third-order valence-corrected chi connectivity index (χ3v) is 5.61. The highest BCUT2D eigenvalue weighted by Gasteiger charge is 2.38. The highest BCUT2D eigenvalue weighted by molar-refractivity contribution is 5.90. The largest absolute Gasteiger partial charge is 0.411 e. The van der Waals surface area contributed by atoms with Crippen molar-refractivity contribution in [2.75, 3.05) is 6.54 Å². The van der Waals surface area contributed by atoms with Crippen LogP contribution in [-0.2, 0) is 6.42 Å². The van der Waals surface area contributed by atoms with Crippen molar-refractivity contribution in [2.45, 2.75) is 18.9 Å². The lowest BCUT2D eigenvalue weighted by Gasteiger charge is -2.32. The molecule has 13 heteroatoms. The molecule has 1 N–H and O–H groups in total. The van der Waals surface area contributed by atoms with Crippen molar-refractivity contribution in [3.63, 3.8) is 0 Å². The number of halogens is 2. The van der Waals surface area contributed by atoms with Gasteiger partial charge in [0.1, 0.15) is 17.4 Å². The molecule has 11 nitrogen and oxygen atoms in total. The van der Waals surface area contributed by atoms with Gasteiger partial charge in [0, 0.05) is 31.1 Å². The van der Waals surface area contributed by atoms with Crippen LogP contribution >= 0.6 is 0 Å². The molecule has 0 bridgehead atoms. The molecule has 0 fully saturated rings. The molecule has 1 aliphatic rings. The minimum Gasteiger partial charge on any atom is -0.411 e. The summed E-state index contributed by atoms with van der Waals surface area (Å²) in [7, 11) is 0. The van der Waals surface area contributed by atoms with Gasteiger partial charge in [0.05, 0.1) is 29.4 Å². The van der Waals surface area contributed by atoms with Crippen LogP contribution in [0, 0.1) is 0 Å². The lowest BCUT2D eigenvalue weighted by Crippen LogP contribution is -2.41. The summed E-state index contributed by atoms with van der Waals surface area (Å²) in [6, 6.07) is 5.45. The summed E-state index contributed by atoms with van der Waals surface area (Å²) >= 11 is 0. The molecule has 1 aliphatic heterocycles. The van der Waals surface area contributed by atoms with E-state index >= 15 is 0 Å². The number of hydrogen-bond acceptors (Lipinski definition) is 8. The zero-order valence-electron chi connectivity index (χ0n) is 17.3. The van der Waals surface area contributed by atoms with Gasteiger partial charge >= 0.3 is 11.8 Å². The van der Waals surface area contributed by atoms with E-state index < -0.39 is 18.4 Å². The van der Waals surface area contributed by atoms with E-state index in [0.717, 1.165) is 5.69 Å². The van der Waals surface area contributed by atoms with Gasteiger partial charge in [-0.25, -0.2) is 23.3 Å². The molecule has 0 saturated heterocycles. The summed E-state index contributed by atoms with van der Waals surface area (Å²) in [6.45, 7) is 0.303. The first-order chi connectivity index (χ1) is 16.6. The average Bonchev–Trinajstić information content (AvgIpc) is 3.62. The Labute approximate surface area is 189 Å². The molecule has 0 saturated carbocycles. The monoisotopic (exact) mass is 463 g/mol. The molecule has 0 radical (unpaired) electrons. The number of carbonyl (C=O) groups is 1. The number of imidazole rings is 1. The number of rotatable bonds is 4. The quantitative estimate of drug-likeness (QED) is 0.430. The Balaban J connectivity index is 1.42. The second kappa shape index (κ2) is 7.79. The van der Waals surface area contributed by atoms with Crippen molar-refractivity contribution >= 4 is 11.4 Å². The first kappa shape index (κ1) is 20.1. The Morgan fingerprint density at radius 2 is 2.12 bits per heavy atom. The van der Waals surface area contributed by atoms with Gasteiger partial charge in [-0.3, -0.25) is 9.78 Å². The number of nitrogens with zero attached hydrogens (tertiary/aromatic N) is 8. The van der Waals surface area contributed by atoms with Gasteiger partial charge in [-0.15, -0.1) is 10.2 Å². The number of alkyl halides is 2. The topological polar surface area (TPSA) is 131 Å². The van der Waals surface area contributed by atoms with Crippen molar-refractivity contribution in [1.82, 2.24) is 44.6 Å². The molecule has 1 atom stereocenters. The van der Waals surface area contributed by atoms with Crippen LogP contribution in [0.4, 0.5) is 8.78 Å². The number of nitrogens with one attached hydrogen (secondary N) is 1. The molecule has 1 amide bonds. The summed E-state index contributed by atoms with van der Waals surface area (Å²) in [6.07, 6.45) is 3.75. The van der Waals surface area contributed by atoms with E-state index in [4.69, 9.17) is 4.42 Å². The van der Waals surface area contributed by atoms with Gasteiger partial charge in [0.15, 0.2) is 0 Å². The van der Waals surface area contributed by atoms with Gasteiger partial charge < -0.3 is 14.3 Å². The SMILES string of the molecule is O=C(c1nnc(-c2cnccn2)o1)N1CCc2[nH]cnc2C1c1cc2cccc(C(F)F)n2n1. The number of aromatic amines is 1. The number of aromatic nitrogens is 8. The Morgan fingerprint density at radius 1 is 1.21 bits per heavy atom. The average molecular weight is 463 g/mol. The first-order valence-corrected chi connectivity index (χ1v) is 10.3. The van der Waals surface area contributed by atoms with Crippen molar-refractivity contribution in [1.29, 1.82) is 0 Å². The van der Waals surface area contributed by atoms with Crippen LogP contribution < -0.4 is 0 Å². The maximum atomic E-state index is 13.5. The van der Waals surface area contributed by atoms with E-state index in [1.807, 2.05) is 0 Å². The van der Waals surface area contributed by atoms with Crippen molar-refractivity contribution in [2.24, 2.45) is 0 Å². The molecule has 0 aromatic carbocycles. The molecule has 6 heterocycles. The fourth-order valence-electron chi connectivity index (χ4n) is 4.10. The highest BCUT2D eigenvalue weighted by Crippen LogP contribution is 2.35. The minimum absolute atomic E-state index is 0.0553. The molecule has 1 unspecified atom stereocenters. The smallest absolute Gasteiger partial charge is 0.312 e. The standard InChI is InChI=1S/C21H15F2N9O2/c22-18(23)15-3-1-2-11-8-13(30-32(11)15)17-16-12(26-10-27-16)4-7-31(17)21(33)20-29-28-19(34-20)14-9-24-5-6-25-14/h1-3,5-6,8-10,17-18H,4,7H2,(H,26,27). The molecule has 0 spiro atoms. The molecule has 5 aromatic heterocycles. The third kappa shape index (κ3) is 3.20. The van der Waals surface area contributed by atoms with Crippen LogP contribution in [0.3, 0.4) is 0 Å². The van der Waals surface area contributed by atoms with Gasteiger partial charge in [0.25, 0.3) is 12.3 Å². The Morgan fingerprint density at radius 3 is 2.94 bits per heavy atom. The zero-order valence-corrected chi connectivity index (χ0v) is 17.3. The Bertz CT molecular complexity index is 1490. The van der Waals surface area contributed by atoms with E-state index in [1.165, 1.54) is 40.4 Å². The molecular weight excluding hydrogens is 448 g/mol. The number of carbonyl (C=O) groups excluding carboxylic acids is 1. The zero-order chi connectivity index (χ0) is 23.2. The summed E-state index contributed by atoms with van der Waals surface area (Å²) in [4.78, 5) is 30.5. The van der Waals surface area contributed by atoms with E-state index in [-0.39, 0.29) is 17.5 Å². The van der Waals surface area contributed by atoms with Crippen LogP contribution in [0.1, 0.15) is 45.9 Å². The van der Waals surface area contributed by atoms with Gasteiger partial charge in [-0.2, -0.15) is 5.10 Å². The lowest BCUT2D eigenvalue weighted by molar-refractivity contribution is 0.0646. The van der Waals surface area contributed by atoms with E-state index in [9.17, 15) is 13.6 Å². The van der Waals surface area contributed by atoms with Gasteiger partial charge in [0.2, 0.25) is 0 Å². The molecule has 6 rings (SSSR count). The molecule has 5 aromatic rings. The van der Waals surface area contributed by atoms with Crippen LogP contribution in [0.5, 0.6) is 0 Å². The van der Waals surface area contributed by atoms with E-state index in [2.05, 4.69) is 35.2 Å². The van der Waals surface area contributed by atoms with Crippen LogP contribution in [0.2, 0.25) is 0 Å². The molecule has 0 aliphatic carbocycles. The van der Waals surface area contributed by atoms with Gasteiger partial charge in [-0.1, -0.05) is 6.07 Å². The summed E-state index contributed by atoms with van der Waals surface area (Å²) < 4.78 is 33.8. The van der Waals surface area contributed by atoms with Crippen LogP contribution in [-0.4, -0.2) is 57.1 Å². The number of H-pyrrole nitrogens is 1. The third-order valence-electron chi connectivity index (χ3n) is 5.61. The Kier molecular flexibility index (Phi) is 4.60. The molecule has 170 valence electrons. The van der Waals surface area contributed by atoms with E-state index in [0.29, 0.717) is 35.6 Å². The predicted molar refractivity (Wildman–Crippen MR) is 111 cm³/mol. The fourth-order valence-corrected chi connectivity index (χ4v) is 4.10. The van der Waals surface area contributed by atoms with E-state index in [1.54, 1.807) is 18.2 Å². The van der Waals surface area contributed by atoms with Crippen molar-refractivity contribution in [3.05, 3.63) is 77.8 Å². The number of fused-ring (bicyclic) bond motifs is 2. The first-order valence-electron chi connectivity index (χ1n) is 10.3. The van der Waals surface area contributed by atoms with Gasteiger partial charge in [-0.05, 0) is 18.2 Å². The normalized spacial score (nSPS) is 15.7. The minimum atomic E-state index is -2.71. The number of pyridine rings is 1. The summed E-state index contributed by atoms with van der Waals surface area (Å²) in [5.74, 6) is -0.714. The van der Waals surface area contributed by atoms with Crippen molar-refractivity contribution in [3.8, 4) is 11.6 Å². The second-order valence-corrected chi connectivity index (χ2v) is 7.58. The highest BCUT2D eigenvalue weighted by atomic mass is 19.3. The number of amides is 1. The summed E-state index contributed by atoms with van der Waals surface area (Å²) in [5, 5.41) is 12.2. The van der Waals surface area contributed by atoms with Crippen LogP contribution in [0.15, 0.2) is 53.6 Å². The maximum absolute atomic E-state index is 13.5. The lowest BCUT2D eigenvalue weighted by atomic mass is 9.99. The second-order valence-electron chi connectivity index (χ2n) is 7.58. The summed E-state index contributed by atoms with van der Waals surface area (Å²) in [5.41, 5.74) is 2.37. The predicted octanol–water partition coefficient (Wildman–Crippen LogP) is 2.62. The number of hydrogen-bond donors (Lipinski definition) is 1. The molecule has 34 heavy (non-hydrogen) atoms. The Hall–Kier alpha value is -4.55. The molecular formula is C21H15F2N9O2. The maximum Gasteiger partial charge on any atom is 0.312 e.